The fraction of sp³-hybridized carbons (Fsp3) is 0.571. The van der Waals surface area contributed by atoms with Crippen LogP contribution in [0.4, 0.5) is 22.0 Å². The quantitative estimate of drug-likeness (QED) is 0.807. The highest BCUT2D eigenvalue weighted by Gasteiger charge is 2.44. The molecule has 23 heavy (non-hydrogen) atoms. The zero-order chi connectivity index (χ0) is 17.1. The summed E-state index contributed by atoms with van der Waals surface area (Å²) in [5.41, 5.74) is 0.125. The number of nitrogens with zero attached hydrogens (tertiary/aromatic N) is 1. The number of ether oxygens (including phenoxy) is 1. The molecule has 4 nitrogen and oxygen atoms in total. The fourth-order valence-electron chi connectivity index (χ4n) is 2.60. The largest absolute Gasteiger partial charge is 0.573 e. The van der Waals surface area contributed by atoms with Gasteiger partial charge in [0.05, 0.1) is 0 Å². The molecule has 1 atom stereocenters. The Morgan fingerprint density at radius 3 is 2.13 bits per heavy atom. The van der Waals surface area contributed by atoms with Gasteiger partial charge in [-0.3, -0.25) is 4.90 Å². The molecule has 1 fully saturated rings. The molecule has 0 bridgehead atoms. The van der Waals surface area contributed by atoms with E-state index in [0.717, 1.165) is 24.3 Å². The van der Waals surface area contributed by atoms with E-state index in [2.05, 4.69) is 10.1 Å². The van der Waals surface area contributed by atoms with Gasteiger partial charge >= 0.3 is 6.36 Å². The summed E-state index contributed by atoms with van der Waals surface area (Å²) >= 11 is 0. The van der Waals surface area contributed by atoms with Crippen LogP contribution in [0.1, 0.15) is 11.6 Å². The van der Waals surface area contributed by atoms with E-state index in [1.165, 1.54) is 4.90 Å². The van der Waals surface area contributed by atoms with Gasteiger partial charge in [0.2, 0.25) is 0 Å². The van der Waals surface area contributed by atoms with Crippen molar-refractivity contribution in [2.24, 2.45) is 0 Å². The lowest BCUT2D eigenvalue weighted by molar-refractivity contribution is -0.274. The first-order chi connectivity index (χ1) is 10.7. The van der Waals surface area contributed by atoms with Gasteiger partial charge in [0.1, 0.15) is 18.4 Å². The lowest BCUT2D eigenvalue weighted by Crippen LogP contribution is -2.51. The van der Waals surface area contributed by atoms with E-state index in [-0.39, 0.29) is 5.56 Å². The minimum atomic E-state index is -4.84. The van der Waals surface area contributed by atoms with Gasteiger partial charge in [-0.1, -0.05) is 12.1 Å². The van der Waals surface area contributed by atoms with Crippen LogP contribution in [0.2, 0.25) is 0 Å². The minimum Gasteiger partial charge on any atom is -0.406 e. The molecule has 0 amide bonds. The molecule has 1 aromatic carbocycles. The van der Waals surface area contributed by atoms with Crippen LogP contribution >= 0.6 is 0 Å². The highest BCUT2D eigenvalue weighted by Crippen LogP contribution is 2.37. The topological polar surface area (TPSA) is 44.7 Å². The Labute approximate surface area is 129 Å². The van der Waals surface area contributed by atoms with Gasteiger partial charge in [0.25, 0.3) is 5.92 Å². The SMILES string of the molecule is OCC(F)(F)[C@H](c1ccc(OC(F)(F)F)cc1)N1CCNCC1. The highest BCUT2D eigenvalue weighted by molar-refractivity contribution is 5.30. The predicted molar refractivity (Wildman–Crippen MR) is 72.3 cm³/mol. The Morgan fingerprint density at radius 1 is 1.09 bits per heavy atom. The van der Waals surface area contributed by atoms with Gasteiger partial charge < -0.3 is 15.2 Å². The van der Waals surface area contributed by atoms with E-state index < -0.39 is 30.7 Å². The van der Waals surface area contributed by atoms with Crippen molar-refractivity contribution in [1.82, 2.24) is 10.2 Å². The molecule has 1 aliphatic rings. The summed E-state index contributed by atoms with van der Waals surface area (Å²) in [7, 11) is 0. The summed E-state index contributed by atoms with van der Waals surface area (Å²) in [6.07, 6.45) is -4.84. The molecule has 1 saturated heterocycles. The minimum absolute atomic E-state index is 0.125. The molecular weight excluding hydrogens is 323 g/mol. The third-order valence-electron chi connectivity index (χ3n) is 3.56. The average Bonchev–Trinajstić information content (AvgIpc) is 2.49. The van der Waals surface area contributed by atoms with Gasteiger partial charge in [-0.15, -0.1) is 13.2 Å². The molecule has 0 aromatic heterocycles. The van der Waals surface area contributed by atoms with Gasteiger partial charge in [0.15, 0.2) is 0 Å². The first kappa shape index (κ1) is 17.9. The Morgan fingerprint density at radius 2 is 1.65 bits per heavy atom. The molecule has 0 saturated carbocycles. The molecule has 1 heterocycles. The molecule has 1 aliphatic heterocycles. The Balaban J connectivity index is 2.24. The lowest BCUT2D eigenvalue weighted by atomic mass is 9.98. The van der Waals surface area contributed by atoms with E-state index in [4.69, 9.17) is 5.11 Å². The maximum absolute atomic E-state index is 14.1. The smallest absolute Gasteiger partial charge is 0.406 e. The number of rotatable bonds is 5. The number of nitrogens with one attached hydrogen (secondary N) is 1. The highest BCUT2D eigenvalue weighted by atomic mass is 19.4. The average molecular weight is 340 g/mol. The van der Waals surface area contributed by atoms with Crippen molar-refractivity contribution < 1.29 is 31.8 Å². The molecule has 0 spiro atoms. The standard InChI is InChI=1S/C14H17F5N2O2/c15-13(16,9-22)12(21-7-5-20-6-8-21)10-1-3-11(4-2-10)23-14(17,18)19/h1-4,12,20,22H,5-9H2/t12-/m0/s1. The summed E-state index contributed by atoms with van der Waals surface area (Å²) in [5.74, 6) is -3.89. The van der Waals surface area contributed by atoms with Crippen molar-refractivity contribution >= 4 is 0 Å². The number of benzene rings is 1. The molecule has 2 rings (SSSR count). The van der Waals surface area contributed by atoms with Gasteiger partial charge in [-0.05, 0) is 17.7 Å². The Bertz CT molecular complexity index is 501. The molecule has 0 radical (unpaired) electrons. The van der Waals surface area contributed by atoms with Crippen LogP contribution in [0.25, 0.3) is 0 Å². The fourth-order valence-corrected chi connectivity index (χ4v) is 2.60. The summed E-state index contributed by atoms with van der Waals surface area (Å²) in [5, 5.41) is 12.0. The zero-order valence-corrected chi connectivity index (χ0v) is 12.1. The summed E-state index contributed by atoms with van der Waals surface area (Å²) in [6, 6.07) is 2.90. The first-order valence-corrected chi connectivity index (χ1v) is 7.02. The monoisotopic (exact) mass is 340 g/mol. The second kappa shape index (κ2) is 6.98. The second-order valence-corrected chi connectivity index (χ2v) is 5.22. The van der Waals surface area contributed by atoms with Gasteiger partial charge in [0, 0.05) is 26.2 Å². The number of piperazine rings is 1. The molecular formula is C14H17F5N2O2. The Kier molecular flexibility index (Phi) is 5.43. The third kappa shape index (κ3) is 4.76. The molecule has 0 unspecified atom stereocenters. The van der Waals surface area contributed by atoms with Crippen LogP contribution in [0.15, 0.2) is 24.3 Å². The van der Waals surface area contributed by atoms with Crippen LogP contribution < -0.4 is 10.1 Å². The number of hydrogen-bond donors (Lipinski definition) is 2. The van der Waals surface area contributed by atoms with Crippen molar-refractivity contribution in [2.45, 2.75) is 18.3 Å². The summed E-state index contributed by atoms with van der Waals surface area (Å²) < 4.78 is 68.4. The van der Waals surface area contributed by atoms with E-state index in [1.54, 1.807) is 0 Å². The van der Waals surface area contributed by atoms with Crippen molar-refractivity contribution in [2.75, 3.05) is 32.8 Å². The second-order valence-electron chi connectivity index (χ2n) is 5.22. The maximum Gasteiger partial charge on any atom is 0.573 e. The predicted octanol–water partition coefficient (Wildman–Crippen LogP) is 2.16. The number of alkyl halides is 5. The molecule has 9 heteroatoms. The normalized spacial score (nSPS) is 18.7. The number of hydrogen-bond acceptors (Lipinski definition) is 4. The van der Waals surface area contributed by atoms with E-state index >= 15 is 0 Å². The van der Waals surface area contributed by atoms with Gasteiger partial charge in [-0.2, -0.15) is 0 Å². The third-order valence-corrected chi connectivity index (χ3v) is 3.56. The maximum atomic E-state index is 14.1. The van der Waals surface area contributed by atoms with Crippen LogP contribution in [0.5, 0.6) is 5.75 Å². The molecule has 1 aromatic rings. The van der Waals surface area contributed by atoms with Crippen LogP contribution in [-0.4, -0.2) is 55.1 Å². The van der Waals surface area contributed by atoms with Crippen LogP contribution in [0, 0.1) is 0 Å². The van der Waals surface area contributed by atoms with Crippen LogP contribution in [0.3, 0.4) is 0 Å². The summed E-state index contributed by atoms with van der Waals surface area (Å²) in [6.45, 7) is 0.394. The van der Waals surface area contributed by atoms with Crippen molar-refractivity contribution in [3.8, 4) is 5.75 Å². The number of aliphatic hydroxyl groups excluding tert-OH is 1. The van der Waals surface area contributed by atoms with Crippen LogP contribution in [-0.2, 0) is 0 Å². The molecule has 130 valence electrons. The number of halogens is 5. The molecule has 2 N–H and O–H groups in total. The van der Waals surface area contributed by atoms with Crippen molar-refractivity contribution in [3.63, 3.8) is 0 Å². The zero-order valence-electron chi connectivity index (χ0n) is 12.1. The first-order valence-electron chi connectivity index (χ1n) is 7.02. The van der Waals surface area contributed by atoms with Crippen molar-refractivity contribution in [3.05, 3.63) is 29.8 Å². The Hall–Kier alpha value is -1.45. The van der Waals surface area contributed by atoms with E-state index in [1.807, 2.05) is 0 Å². The number of aliphatic hydroxyl groups is 1. The van der Waals surface area contributed by atoms with Gasteiger partial charge in [-0.25, -0.2) is 8.78 Å². The molecule has 0 aliphatic carbocycles. The van der Waals surface area contributed by atoms with E-state index in [0.29, 0.717) is 26.2 Å². The van der Waals surface area contributed by atoms with Crippen molar-refractivity contribution in [1.29, 1.82) is 0 Å². The lowest BCUT2D eigenvalue weighted by Gasteiger charge is -2.38. The van der Waals surface area contributed by atoms with E-state index in [9.17, 15) is 22.0 Å². The summed E-state index contributed by atoms with van der Waals surface area (Å²) in [4.78, 5) is 1.51.